The van der Waals surface area contributed by atoms with Gasteiger partial charge >= 0.3 is 11.9 Å². The van der Waals surface area contributed by atoms with E-state index in [2.05, 4.69) is 15.2 Å². The number of nitrogens with two attached hydrogens (primary N) is 1. The average Bonchev–Trinajstić information content (AvgIpc) is 2.81. The van der Waals surface area contributed by atoms with Crippen LogP contribution in [-0.4, -0.2) is 26.2 Å². The maximum absolute atomic E-state index is 10.8. The Morgan fingerprint density at radius 3 is 2.58 bits per heavy atom. The fourth-order valence-electron chi connectivity index (χ4n) is 1.03. The van der Waals surface area contributed by atoms with E-state index in [-0.39, 0.29) is 0 Å². The third-order valence-electron chi connectivity index (χ3n) is 1.87. The monoisotopic (exact) mass is 267 g/mol. The van der Waals surface area contributed by atoms with E-state index < -0.39 is 27.9 Å². The number of carboxylic acids is 1. The Bertz CT molecular complexity index is 583. The van der Waals surface area contributed by atoms with Crippen LogP contribution >= 0.6 is 0 Å². The molecule has 10 nitrogen and oxygen atoms in total. The highest BCUT2D eigenvalue weighted by Crippen LogP contribution is 2.20. The number of aromatic carboxylic acids is 1. The number of nitro benzene ring substituents is 1. The molecule has 1 aromatic carbocycles. The number of nitro groups is 1. The van der Waals surface area contributed by atoms with Gasteiger partial charge in [-0.25, -0.2) is 9.78 Å². The number of nitrogen functional groups attached to an aromatic ring is 1. The molecule has 0 aliphatic heterocycles. The van der Waals surface area contributed by atoms with Crippen LogP contribution in [0.3, 0.4) is 0 Å². The first-order valence-electron chi connectivity index (χ1n) is 4.77. The van der Waals surface area contributed by atoms with Gasteiger partial charge in [0.2, 0.25) is 6.33 Å². The van der Waals surface area contributed by atoms with Crippen molar-refractivity contribution in [3.63, 3.8) is 0 Å². The molecule has 2 rings (SSSR count). The number of aromatic nitrogens is 3. The predicted octanol–water partition coefficient (Wildman–Crippen LogP) is -0.827. The summed E-state index contributed by atoms with van der Waals surface area (Å²) in [4.78, 5) is 22.4. The van der Waals surface area contributed by atoms with Gasteiger partial charge in [-0.1, -0.05) is 11.8 Å². The van der Waals surface area contributed by atoms with Gasteiger partial charge in [-0.2, -0.15) is 0 Å². The summed E-state index contributed by atoms with van der Waals surface area (Å²) in [5.74, 6) is -1.72. The Morgan fingerprint density at radius 1 is 1.53 bits per heavy atom. The van der Waals surface area contributed by atoms with Gasteiger partial charge in [0.15, 0.2) is 0 Å². The minimum Gasteiger partial charge on any atom is -0.872 e. The molecule has 2 aromatic rings. The van der Waals surface area contributed by atoms with Gasteiger partial charge < -0.3 is 15.9 Å². The third-order valence-corrected chi connectivity index (χ3v) is 1.87. The van der Waals surface area contributed by atoms with Crippen molar-refractivity contribution >= 4 is 17.6 Å². The highest BCUT2D eigenvalue weighted by molar-refractivity contribution is 5.91. The Kier molecular flexibility index (Phi) is 4.35. The lowest BCUT2D eigenvalue weighted by Crippen LogP contribution is -2.04. The van der Waals surface area contributed by atoms with Crippen molar-refractivity contribution in [2.24, 2.45) is 0 Å². The number of benzene rings is 1. The highest BCUT2D eigenvalue weighted by Gasteiger charge is 2.10. The van der Waals surface area contributed by atoms with Gasteiger partial charge in [-0.3, -0.25) is 10.1 Å². The molecule has 5 N–H and O–H groups in total. The summed E-state index contributed by atoms with van der Waals surface area (Å²) in [7, 11) is 0. The minimum absolute atomic E-state index is 0.406. The van der Waals surface area contributed by atoms with Gasteiger partial charge in [0.1, 0.15) is 0 Å². The van der Waals surface area contributed by atoms with Crippen molar-refractivity contribution in [2.45, 2.75) is 0 Å². The first-order chi connectivity index (χ1) is 8.91. The molecule has 1 heterocycles. The average molecular weight is 267 g/mol. The number of rotatable bonds is 2. The molecule has 0 amide bonds. The maximum atomic E-state index is 10.8. The van der Waals surface area contributed by atoms with Gasteiger partial charge in [0, 0.05) is 12.1 Å². The summed E-state index contributed by atoms with van der Waals surface area (Å²) in [6.45, 7) is 0. The molecule has 100 valence electrons. The summed E-state index contributed by atoms with van der Waals surface area (Å²) in [5, 5.41) is 35.5. The molecular weight excluding hydrogens is 258 g/mol. The van der Waals surface area contributed by atoms with E-state index in [1.807, 2.05) is 0 Å². The Hall–Kier alpha value is -3.17. The van der Waals surface area contributed by atoms with E-state index in [4.69, 9.17) is 10.8 Å². The number of nitrogens with one attached hydrogen (secondary N) is 2. The minimum atomic E-state index is -1.46. The fraction of sp³-hybridized carbons (Fsp3) is 0. The van der Waals surface area contributed by atoms with E-state index in [9.17, 15) is 20.0 Å². The van der Waals surface area contributed by atoms with Crippen LogP contribution in [0, 0.1) is 10.1 Å². The number of anilines is 1. The first-order valence-corrected chi connectivity index (χ1v) is 4.77. The van der Waals surface area contributed by atoms with Crippen LogP contribution in [-0.2, 0) is 0 Å². The molecule has 0 bridgehead atoms. The summed E-state index contributed by atoms with van der Waals surface area (Å²) in [6.07, 6.45) is 1.48. The molecule has 0 saturated heterocycles. The largest absolute Gasteiger partial charge is 0.872 e. The van der Waals surface area contributed by atoms with Gasteiger partial charge in [0.25, 0.3) is 5.69 Å². The zero-order valence-electron chi connectivity index (χ0n) is 9.36. The predicted molar refractivity (Wildman–Crippen MR) is 59.1 cm³/mol. The summed E-state index contributed by atoms with van der Waals surface area (Å²) in [6, 6.07) is 2.57. The van der Waals surface area contributed by atoms with Crippen molar-refractivity contribution in [1.82, 2.24) is 10.2 Å². The fourth-order valence-corrected chi connectivity index (χ4v) is 1.03. The van der Waals surface area contributed by atoms with E-state index in [0.29, 0.717) is 5.95 Å². The highest BCUT2D eigenvalue weighted by atomic mass is 16.6. The second-order valence-electron chi connectivity index (χ2n) is 3.17. The summed E-state index contributed by atoms with van der Waals surface area (Å²) < 4.78 is 0. The molecule has 19 heavy (non-hydrogen) atoms. The van der Waals surface area contributed by atoms with Crippen molar-refractivity contribution in [3.8, 4) is 5.75 Å². The Balaban J connectivity index is 0.000000250. The third kappa shape index (κ3) is 3.96. The standard InChI is InChI=1S/C7H5NO5.C2H4N4/c9-6-2-1-4(8(12)13)3-5(6)7(10)11;3-2-4-1-5-6-2/h1-3,9H,(H,10,11);1H,(H3,3,4,5,6). The summed E-state index contributed by atoms with van der Waals surface area (Å²) in [5.41, 5.74) is 4.11. The van der Waals surface area contributed by atoms with Crippen LogP contribution < -0.4 is 15.8 Å². The number of carboxylic acid groups (broad SMARTS) is 1. The van der Waals surface area contributed by atoms with E-state index in [1.54, 1.807) is 0 Å². The topological polar surface area (TPSA) is 172 Å². The quantitative estimate of drug-likeness (QED) is 0.470. The SMILES string of the molecule is Nc1[nH]nc[nH+]1.O=C(O)c1cc([N+](=O)[O-])ccc1[O-]. The van der Waals surface area contributed by atoms with Crippen molar-refractivity contribution in [3.05, 3.63) is 40.2 Å². The number of hydrogen-bond donors (Lipinski definition) is 3. The lowest BCUT2D eigenvalue weighted by molar-refractivity contribution is -0.385. The number of aromatic amines is 2. The Morgan fingerprint density at radius 2 is 2.21 bits per heavy atom. The zero-order chi connectivity index (χ0) is 14.4. The molecule has 0 aliphatic rings. The van der Waals surface area contributed by atoms with E-state index in [0.717, 1.165) is 18.2 Å². The van der Waals surface area contributed by atoms with Crippen molar-refractivity contribution < 1.29 is 24.9 Å². The Labute approximate surface area is 105 Å². The van der Waals surface area contributed by atoms with Crippen LogP contribution in [0.1, 0.15) is 10.4 Å². The maximum Gasteiger partial charge on any atom is 0.337 e. The molecule has 0 saturated carbocycles. The van der Waals surface area contributed by atoms with Crippen LogP contribution in [0.2, 0.25) is 0 Å². The van der Waals surface area contributed by atoms with Crippen molar-refractivity contribution in [1.29, 1.82) is 0 Å². The molecule has 0 fully saturated rings. The van der Waals surface area contributed by atoms with Gasteiger partial charge in [-0.15, -0.1) is 5.10 Å². The van der Waals surface area contributed by atoms with Gasteiger partial charge in [0.05, 0.1) is 10.5 Å². The number of non-ortho nitro benzene ring substituents is 1. The molecule has 1 aromatic heterocycles. The molecule has 0 atom stereocenters. The van der Waals surface area contributed by atoms with E-state index >= 15 is 0 Å². The second-order valence-corrected chi connectivity index (χ2v) is 3.17. The van der Waals surface area contributed by atoms with Crippen LogP contribution in [0.25, 0.3) is 0 Å². The number of hydrogen-bond acceptors (Lipinski definition) is 6. The smallest absolute Gasteiger partial charge is 0.337 e. The number of H-pyrrole nitrogens is 2. The molecule has 10 heteroatoms. The number of nitrogens with zero attached hydrogens (tertiary/aromatic N) is 2. The second kappa shape index (κ2) is 5.95. The molecule has 0 spiro atoms. The van der Waals surface area contributed by atoms with Crippen LogP contribution in [0.4, 0.5) is 11.6 Å². The molecule has 0 unspecified atom stereocenters. The first kappa shape index (κ1) is 13.9. The lowest BCUT2D eigenvalue weighted by Gasteiger charge is -2.07. The summed E-state index contributed by atoms with van der Waals surface area (Å²) >= 11 is 0. The molecular formula is C9H9N5O5. The molecule has 0 aliphatic carbocycles. The normalized spacial score (nSPS) is 9.26. The van der Waals surface area contributed by atoms with Crippen LogP contribution in [0.5, 0.6) is 5.75 Å². The number of carbonyl (C=O) groups is 1. The van der Waals surface area contributed by atoms with Crippen molar-refractivity contribution in [2.75, 3.05) is 5.73 Å². The lowest BCUT2D eigenvalue weighted by atomic mass is 10.2. The van der Waals surface area contributed by atoms with Gasteiger partial charge in [-0.05, 0) is 5.10 Å². The van der Waals surface area contributed by atoms with Crippen LogP contribution in [0.15, 0.2) is 24.5 Å². The van der Waals surface area contributed by atoms with E-state index in [1.165, 1.54) is 6.33 Å². The molecule has 0 radical (unpaired) electrons. The zero-order valence-corrected chi connectivity index (χ0v) is 9.36.